The monoisotopic (exact) mass is 273 g/mol. The molecule has 5 nitrogen and oxygen atoms in total. The zero-order valence-corrected chi connectivity index (χ0v) is 11.7. The van der Waals surface area contributed by atoms with Crippen molar-refractivity contribution in [3.05, 3.63) is 36.0 Å². The average molecular weight is 273 g/mol. The van der Waals surface area contributed by atoms with Gasteiger partial charge in [0.1, 0.15) is 5.69 Å². The van der Waals surface area contributed by atoms with Gasteiger partial charge >= 0.3 is 0 Å². The molecule has 0 saturated heterocycles. The van der Waals surface area contributed by atoms with E-state index in [1.54, 1.807) is 6.07 Å². The summed E-state index contributed by atoms with van der Waals surface area (Å²) in [6.07, 6.45) is 0. The Labute approximate surface area is 117 Å². The lowest BCUT2D eigenvalue weighted by molar-refractivity contribution is 0.0906. The first-order valence-electron chi connectivity index (χ1n) is 6.47. The summed E-state index contributed by atoms with van der Waals surface area (Å²) in [5, 5.41) is 12.8. The molecule has 0 fully saturated rings. The van der Waals surface area contributed by atoms with E-state index < -0.39 is 0 Å². The summed E-state index contributed by atoms with van der Waals surface area (Å²) in [6, 6.07) is 8.99. The van der Waals surface area contributed by atoms with E-state index in [9.17, 15) is 9.90 Å². The number of amides is 1. The van der Waals surface area contributed by atoms with E-state index in [0.717, 1.165) is 5.39 Å². The van der Waals surface area contributed by atoms with Crippen LogP contribution in [0.15, 0.2) is 30.3 Å². The second kappa shape index (κ2) is 5.46. The molecule has 1 heterocycles. The maximum Gasteiger partial charge on any atom is 0.270 e. The van der Waals surface area contributed by atoms with Crippen LogP contribution in [0.25, 0.3) is 10.9 Å². The van der Waals surface area contributed by atoms with Crippen LogP contribution in [0.1, 0.15) is 24.3 Å². The van der Waals surface area contributed by atoms with Gasteiger partial charge in [0.05, 0.1) is 5.52 Å². The number of anilines is 1. The zero-order valence-electron chi connectivity index (χ0n) is 11.7. The van der Waals surface area contributed by atoms with Crippen LogP contribution in [0.2, 0.25) is 0 Å². The molecule has 0 radical (unpaired) electrons. The summed E-state index contributed by atoms with van der Waals surface area (Å²) in [5.41, 5.74) is 7.09. The van der Waals surface area contributed by atoms with E-state index in [1.165, 1.54) is 0 Å². The number of aliphatic hydroxyl groups is 1. The van der Waals surface area contributed by atoms with Crippen LogP contribution in [0, 0.1) is 5.41 Å². The number of para-hydroxylation sites is 1. The maximum absolute atomic E-state index is 12.1. The van der Waals surface area contributed by atoms with Crippen molar-refractivity contribution in [2.24, 2.45) is 5.41 Å². The number of hydrogen-bond donors (Lipinski definition) is 3. The third kappa shape index (κ3) is 3.05. The lowest BCUT2D eigenvalue weighted by Crippen LogP contribution is -2.36. The Morgan fingerprint density at radius 1 is 1.40 bits per heavy atom. The molecule has 1 amide bonds. The first-order valence-corrected chi connectivity index (χ1v) is 6.47. The lowest BCUT2D eigenvalue weighted by atomic mass is 9.95. The van der Waals surface area contributed by atoms with E-state index in [4.69, 9.17) is 5.73 Å². The molecule has 0 atom stereocenters. The molecule has 1 aromatic heterocycles. The Morgan fingerprint density at radius 3 is 2.80 bits per heavy atom. The summed E-state index contributed by atoms with van der Waals surface area (Å²) >= 11 is 0. The highest BCUT2D eigenvalue weighted by Gasteiger charge is 2.19. The molecule has 0 aliphatic heterocycles. The highest BCUT2D eigenvalue weighted by atomic mass is 16.3. The predicted octanol–water partition coefficient (Wildman–Crippen LogP) is 1.57. The molecule has 20 heavy (non-hydrogen) atoms. The molecule has 2 rings (SSSR count). The van der Waals surface area contributed by atoms with Gasteiger partial charge in [-0.3, -0.25) is 4.79 Å². The SMILES string of the molecule is CC(C)(CO)CNC(=O)c1cc(N)c2ccccc2n1. The van der Waals surface area contributed by atoms with E-state index in [1.807, 2.05) is 38.1 Å². The Morgan fingerprint density at radius 2 is 2.10 bits per heavy atom. The summed E-state index contributed by atoms with van der Waals surface area (Å²) in [4.78, 5) is 16.4. The summed E-state index contributed by atoms with van der Waals surface area (Å²) < 4.78 is 0. The van der Waals surface area contributed by atoms with Crippen LogP contribution >= 0.6 is 0 Å². The van der Waals surface area contributed by atoms with E-state index in [2.05, 4.69) is 10.3 Å². The summed E-state index contributed by atoms with van der Waals surface area (Å²) in [6.45, 7) is 4.11. The Bertz CT molecular complexity index is 638. The van der Waals surface area contributed by atoms with Crippen molar-refractivity contribution < 1.29 is 9.90 Å². The second-order valence-electron chi connectivity index (χ2n) is 5.62. The van der Waals surface area contributed by atoms with Crippen molar-refractivity contribution in [2.75, 3.05) is 18.9 Å². The largest absolute Gasteiger partial charge is 0.398 e. The first-order chi connectivity index (χ1) is 9.43. The molecular weight excluding hydrogens is 254 g/mol. The standard InChI is InChI=1S/C15H19N3O2/c1-15(2,9-19)8-17-14(20)13-7-11(16)10-5-3-4-6-12(10)18-13/h3-7,19H,8-9H2,1-2H3,(H2,16,18)(H,17,20). The van der Waals surface area contributed by atoms with Crippen LogP contribution in [-0.4, -0.2) is 29.1 Å². The maximum atomic E-state index is 12.1. The number of hydrogen-bond acceptors (Lipinski definition) is 4. The van der Waals surface area contributed by atoms with Crippen LogP contribution in [0.3, 0.4) is 0 Å². The average Bonchev–Trinajstić information content (AvgIpc) is 2.45. The third-order valence-corrected chi connectivity index (χ3v) is 3.14. The number of pyridine rings is 1. The van der Waals surface area contributed by atoms with Gasteiger partial charge in [0.25, 0.3) is 5.91 Å². The summed E-state index contributed by atoms with van der Waals surface area (Å²) in [5.74, 6) is -0.288. The van der Waals surface area contributed by atoms with Crippen molar-refractivity contribution in [1.29, 1.82) is 0 Å². The van der Waals surface area contributed by atoms with Crippen LogP contribution in [0.4, 0.5) is 5.69 Å². The highest BCUT2D eigenvalue weighted by molar-refractivity contribution is 5.99. The van der Waals surface area contributed by atoms with Gasteiger partial charge in [0, 0.05) is 29.6 Å². The molecule has 0 aliphatic rings. The number of fused-ring (bicyclic) bond motifs is 1. The highest BCUT2D eigenvalue weighted by Crippen LogP contribution is 2.20. The number of aliphatic hydroxyl groups excluding tert-OH is 1. The molecule has 0 spiro atoms. The van der Waals surface area contributed by atoms with Crippen LogP contribution < -0.4 is 11.1 Å². The Balaban J connectivity index is 2.23. The molecule has 0 unspecified atom stereocenters. The molecule has 0 bridgehead atoms. The van der Waals surface area contributed by atoms with Crippen LogP contribution in [0.5, 0.6) is 0 Å². The normalized spacial score (nSPS) is 11.6. The number of nitrogens with zero attached hydrogens (tertiary/aromatic N) is 1. The zero-order chi connectivity index (χ0) is 14.8. The fraction of sp³-hybridized carbons (Fsp3) is 0.333. The Hall–Kier alpha value is -2.14. The lowest BCUT2D eigenvalue weighted by Gasteiger charge is -2.21. The fourth-order valence-electron chi connectivity index (χ4n) is 1.78. The number of carbonyl (C=O) groups is 1. The van der Waals surface area contributed by atoms with Crippen LogP contribution in [-0.2, 0) is 0 Å². The minimum Gasteiger partial charge on any atom is -0.398 e. The molecule has 5 heteroatoms. The predicted molar refractivity (Wildman–Crippen MR) is 79.4 cm³/mol. The van der Waals surface area contributed by atoms with Crippen molar-refractivity contribution in [3.8, 4) is 0 Å². The quantitative estimate of drug-likeness (QED) is 0.789. The van der Waals surface area contributed by atoms with Crippen molar-refractivity contribution in [2.45, 2.75) is 13.8 Å². The van der Waals surface area contributed by atoms with Crippen molar-refractivity contribution >= 4 is 22.5 Å². The number of rotatable bonds is 4. The number of nitrogens with one attached hydrogen (secondary N) is 1. The van der Waals surface area contributed by atoms with Gasteiger partial charge in [-0.25, -0.2) is 4.98 Å². The smallest absolute Gasteiger partial charge is 0.270 e. The first kappa shape index (κ1) is 14.3. The van der Waals surface area contributed by atoms with E-state index in [0.29, 0.717) is 17.7 Å². The molecule has 1 aromatic carbocycles. The molecule has 2 aromatic rings. The van der Waals surface area contributed by atoms with E-state index >= 15 is 0 Å². The summed E-state index contributed by atoms with van der Waals surface area (Å²) in [7, 11) is 0. The Kier molecular flexibility index (Phi) is 3.90. The fourth-order valence-corrected chi connectivity index (χ4v) is 1.78. The van der Waals surface area contributed by atoms with Gasteiger partial charge < -0.3 is 16.2 Å². The van der Waals surface area contributed by atoms with Gasteiger partial charge in [-0.2, -0.15) is 0 Å². The number of carbonyl (C=O) groups excluding carboxylic acids is 1. The van der Waals surface area contributed by atoms with E-state index in [-0.39, 0.29) is 23.6 Å². The van der Waals surface area contributed by atoms with Gasteiger partial charge in [0.15, 0.2) is 0 Å². The van der Waals surface area contributed by atoms with Gasteiger partial charge in [-0.1, -0.05) is 32.0 Å². The topological polar surface area (TPSA) is 88.2 Å². The number of benzene rings is 1. The number of aromatic nitrogens is 1. The molecule has 0 saturated carbocycles. The second-order valence-corrected chi connectivity index (χ2v) is 5.62. The van der Waals surface area contributed by atoms with Gasteiger partial charge in [-0.15, -0.1) is 0 Å². The van der Waals surface area contributed by atoms with Gasteiger partial charge in [0.2, 0.25) is 0 Å². The molecular formula is C15H19N3O2. The van der Waals surface area contributed by atoms with Gasteiger partial charge in [-0.05, 0) is 12.1 Å². The number of nitrogens with two attached hydrogens (primary N) is 1. The van der Waals surface area contributed by atoms with Crippen molar-refractivity contribution in [3.63, 3.8) is 0 Å². The minimum atomic E-state index is -0.363. The molecule has 106 valence electrons. The molecule has 4 N–H and O–H groups in total. The number of nitrogen functional groups attached to an aromatic ring is 1. The third-order valence-electron chi connectivity index (χ3n) is 3.14. The molecule has 0 aliphatic carbocycles. The van der Waals surface area contributed by atoms with Crippen molar-refractivity contribution in [1.82, 2.24) is 10.3 Å². The minimum absolute atomic E-state index is 0.000563.